The third-order valence-electron chi connectivity index (χ3n) is 5.04. The number of sulfone groups is 1. The van der Waals surface area contributed by atoms with E-state index in [9.17, 15) is 18.0 Å². The number of carboxylic acids is 1. The quantitative estimate of drug-likeness (QED) is 0.548. The van der Waals surface area contributed by atoms with Crippen molar-refractivity contribution in [3.63, 3.8) is 0 Å². The molecule has 7 nitrogen and oxygen atoms in total. The molecule has 164 valence electrons. The van der Waals surface area contributed by atoms with Gasteiger partial charge in [-0.15, -0.1) is 0 Å². The van der Waals surface area contributed by atoms with Gasteiger partial charge in [0.2, 0.25) is 0 Å². The summed E-state index contributed by atoms with van der Waals surface area (Å²) in [5.74, 6) is -2.74. The van der Waals surface area contributed by atoms with E-state index in [2.05, 4.69) is 5.32 Å². The Kier molecular flexibility index (Phi) is 6.36. The zero-order valence-electron chi connectivity index (χ0n) is 16.9. The van der Waals surface area contributed by atoms with Crippen LogP contribution in [0.25, 0.3) is 10.9 Å². The van der Waals surface area contributed by atoms with E-state index in [4.69, 9.17) is 28.3 Å². The highest BCUT2D eigenvalue weighted by Crippen LogP contribution is 2.35. The highest BCUT2D eigenvalue weighted by Gasteiger charge is 2.21. The molecule has 3 rings (SSSR count). The van der Waals surface area contributed by atoms with E-state index in [0.717, 1.165) is 11.1 Å². The summed E-state index contributed by atoms with van der Waals surface area (Å²) in [6.45, 7) is 3.60. The van der Waals surface area contributed by atoms with Crippen LogP contribution in [0.1, 0.15) is 34.6 Å². The minimum absolute atomic E-state index is 0.0900. The molecule has 2 N–H and O–H groups in total. The lowest BCUT2D eigenvalue weighted by molar-refractivity contribution is -0.134. The molecule has 10 heteroatoms. The number of fused-ring (bicyclic) bond motifs is 1. The fourth-order valence-corrected chi connectivity index (χ4v) is 4.81. The first kappa shape index (κ1) is 23.1. The van der Waals surface area contributed by atoms with Crippen LogP contribution in [0.2, 0.25) is 10.0 Å². The minimum Gasteiger partial charge on any atom is -0.480 e. The summed E-state index contributed by atoms with van der Waals surface area (Å²) >= 11 is 12.6. The first-order valence-corrected chi connectivity index (χ1v) is 11.6. The molecule has 31 heavy (non-hydrogen) atoms. The predicted molar refractivity (Wildman–Crippen MR) is 120 cm³/mol. The summed E-state index contributed by atoms with van der Waals surface area (Å²) in [5.41, 5.74) is 2.64. The molecule has 0 aliphatic carbocycles. The molecule has 3 aromatic rings. The number of nitrogens with zero attached hydrogens (tertiary/aromatic N) is 1. The van der Waals surface area contributed by atoms with Crippen LogP contribution in [0.5, 0.6) is 0 Å². The molecule has 0 aliphatic rings. The van der Waals surface area contributed by atoms with Crippen LogP contribution in [-0.4, -0.2) is 35.7 Å². The maximum Gasteiger partial charge on any atom is 0.319 e. The van der Waals surface area contributed by atoms with E-state index in [1.54, 1.807) is 36.7 Å². The summed E-state index contributed by atoms with van der Waals surface area (Å²) < 4.78 is 25.8. The van der Waals surface area contributed by atoms with E-state index in [-0.39, 0.29) is 10.8 Å². The third-order valence-corrected chi connectivity index (χ3v) is 7.64. The number of aromatic nitrogens is 1. The number of hydrogen-bond acceptors (Lipinski definition) is 4. The van der Waals surface area contributed by atoms with Gasteiger partial charge in [-0.3, -0.25) is 9.59 Å². The molecule has 0 saturated carbocycles. The summed E-state index contributed by atoms with van der Waals surface area (Å²) in [6, 6.07) is 8.85. The van der Waals surface area contributed by atoms with E-state index in [0.29, 0.717) is 26.7 Å². The fraction of sp³-hybridized carbons (Fsp3) is 0.238. The van der Waals surface area contributed by atoms with Gasteiger partial charge in [0, 0.05) is 12.4 Å². The molecule has 1 aromatic heterocycles. The second-order valence-electron chi connectivity index (χ2n) is 7.26. The maximum absolute atomic E-state index is 12.9. The highest BCUT2D eigenvalue weighted by molar-refractivity contribution is 7.92. The average Bonchev–Trinajstić information content (AvgIpc) is 3.02. The number of aliphatic carboxylic acids is 1. The Hall–Kier alpha value is -2.55. The van der Waals surface area contributed by atoms with Crippen molar-refractivity contribution in [1.29, 1.82) is 0 Å². The van der Waals surface area contributed by atoms with Crippen molar-refractivity contribution in [2.75, 3.05) is 5.75 Å². The Morgan fingerprint density at radius 3 is 2.32 bits per heavy atom. The van der Waals surface area contributed by atoms with Gasteiger partial charge in [0.05, 0.1) is 26.5 Å². The monoisotopic (exact) mass is 482 g/mol. The summed E-state index contributed by atoms with van der Waals surface area (Å²) in [6.07, 6.45) is 0. The molecule has 0 saturated heterocycles. The molecular weight excluding hydrogens is 463 g/mol. The zero-order chi connectivity index (χ0) is 23.1. The summed E-state index contributed by atoms with van der Waals surface area (Å²) in [4.78, 5) is 23.5. The lowest BCUT2D eigenvalue weighted by Crippen LogP contribution is -2.28. The Bertz CT molecular complexity index is 1300. The number of carbonyl (C=O) groups excluding carboxylic acids is 1. The molecular formula is C21H20Cl2N2O5S. The summed E-state index contributed by atoms with van der Waals surface area (Å²) in [7, 11) is -2.16. The molecule has 1 atom stereocenters. The molecule has 0 radical (unpaired) electrons. The fourth-order valence-electron chi connectivity index (χ4n) is 3.31. The second kappa shape index (κ2) is 8.53. The number of halogens is 2. The van der Waals surface area contributed by atoms with Crippen molar-refractivity contribution < 1.29 is 23.1 Å². The number of aryl methyl sites for hydroxylation is 2. The van der Waals surface area contributed by atoms with Crippen molar-refractivity contribution in [2.45, 2.75) is 24.8 Å². The number of benzene rings is 2. The van der Waals surface area contributed by atoms with Crippen molar-refractivity contribution in [3.05, 3.63) is 63.3 Å². The third kappa shape index (κ3) is 4.56. The van der Waals surface area contributed by atoms with Crippen LogP contribution in [0, 0.1) is 6.92 Å². The average molecular weight is 483 g/mol. The van der Waals surface area contributed by atoms with Crippen LogP contribution in [0.3, 0.4) is 0 Å². The molecule has 1 heterocycles. The van der Waals surface area contributed by atoms with Crippen LogP contribution < -0.4 is 5.32 Å². The van der Waals surface area contributed by atoms with Gasteiger partial charge < -0.3 is 15.0 Å². The Balaban J connectivity index is 1.83. The number of amides is 1. The second-order valence-corrected chi connectivity index (χ2v) is 10.0. The number of rotatable bonds is 6. The van der Waals surface area contributed by atoms with Gasteiger partial charge in [0.25, 0.3) is 5.91 Å². The molecule has 0 spiro atoms. The maximum atomic E-state index is 12.9. The van der Waals surface area contributed by atoms with Crippen LogP contribution >= 0.6 is 23.2 Å². The topological polar surface area (TPSA) is 105 Å². The normalized spacial score (nSPS) is 12.7. The standard InChI is InChI=1S/C21H20Cl2N2O5S/c1-11-8-16-15(20(23)19(11)22)9-17(25(16)3)21(28)24-12(2)13-4-6-14(7-5-13)31(29,30)10-18(26)27/h4-9,12H,10H2,1-3H3,(H,24,28)(H,26,27)/t12-/m1/s1. The number of hydrogen-bond donors (Lipinski definition) is 2. The highest BCUT2D eigenvalue weighted by atomic mass is 35.5. The van der Waals surface area contributed by atoms with Crippen molar-refractivity contribution in [3.8, 4) is 0 Å². The van der Waals surface area contributed by atoms with Gasteiger partial charge in [-0.05, 0) is 49.2 Å². The van der Waals surface area contributed by atoms with Crippen LogP contribution in [0.15, 0.2) is 41.3 Å². The first-order valence-electron chi connectivity index (χ1n) is 9.21. The smallest absolute Gasteiger partial charge is 0.319 e. The molecule has 0 bridgehead atoms. The van der Waals surface area contributed by atoms with Crippen molar-refractivity contribution in [1.82, 2.24) is 9.88 Å². The predicted octanol–water partition coefficient (Wildman–Crippen LogP) is 4.14. The SMILES string of the molecule is Cc1cc2c(cc(C(=O)N[C@H](C)c3ccc(S(=O)(=O)CC(=O)O)cc3)n2C)c(Cl)c1Cl. The Morgan fingerprint density at radius 2 is 1.74 bits per heavy atom. The van der Waals surface area contributed by atoms with Gasteiger partial charge in [0.1, 0.15) is 5.69 Å². The van der Waals surface area contributed by atoms with Gasteiger partial charge in [-0.2, -0.15) is 0 Å². The Morgan fingerprint density at radius 1 is 1.13 bits per heavy atom. The molecule has 0 aliphatic heterocycles. The van der Waals surface area contributed by atoms with Crippen molar-refractivity contribution in [2.24, 2.45) is 7.05 Å². The van der Waals surface area contributed by atoms with E-state index >= 15 is 0 Å². The lowest BCUT2D eigenvalue weighted by Gasteiger charge is -2.15. The van der Waals surface area contributed by atoms with Crippen LogP contribution in [-0.2, 0) is 21.7 Å². The zero-order valence-corrected chi connectivity index (χ0v) is 19.3. The van der Waals surface area contributed by atoms with Gasteiger partial charge >= 0.3 is 5.97 Å². The number of nitrogens with one attached hydrogen (secondary N) is 1. The van der Waals surface area contributed by atoms with E-state index < -0.39 is 27.6 Å². The first-order chi connectivity index (χ1) is 14.4. The lowest BCUT2D eigenvalue weighted by atomic mass is 10.1. The molecule has 0 fully saturated rings. The summed E-state index contributed by atoms with van der Waals surface area (Å²) in [5, 5.41) is 13.1. The number of carboxylic acid groups (broad SMARTS) is 1. The minimum atomic E-state index is -3.91. The molecule has 1 amide bonds. The molecule has 2 aromatic carbocycles. The Labute approximate surface area is 189 Å². The van der Waals surface area contributed by atoms with Gasteiger partial charge in [0.15, 0.2) is 15.6 Å². The van der Waals surface area contributed by atoms with Gasteiger partial charge in [-0.25, -0.2) is 8.42 Å². The van der Waals surface area contributed by atoms with Crippen LogP contribution in [0.4, 0.5) is 0 Å². The van der Waals surface area contributed by atoms with E-state index in [1.165, 1.54) is 12.1 Å². The molecule has 0 unspecified atom stereocenters. The van der Waals surface area contributed by atoms with Crippen molar-refractivity contribution >= 4 is 55.8 Å². The number of carbonyl (C=O) groups is 2. The largest absolute Gasteiger partial charge is 0.480 e. The van der Waals surface area contributed by atoms with E-state index in [1.807, 2.05) is 13.0 Å². The van der Waals surface area contributed by atoms with Gasteiger partial charge in [-0.1, -0.05) is 35.3 Å².